The van der Waals surface area contributed by atoms with Gasteiger partial charge in [-0.15, -0.1) is 0 Å². The summed E-state index contributed by atoms with van der Waals surface area (Å²) in [5.74, 6) is 1.23. The Morgan fingerprint density at radius 1 is 1.12 bits per heavy atom. The Labute approximate surface area is 147 Å². The van der Waals surface area contributed by atoms with Gasteiger partial charge in [0.25, 0.3) is 5.56 Å². The predicted molar refractivity (Wildman–Crippen MR) is 99.7 cm³/mol. The Morgan fingerprint density at radius 3 is 2.77 bits per heavy atom. The van der Waals surface area contributed by atoms with Crippen LogP contribution in [0.3, 0.4) is 0 Å². The number of ether oxygens (including phenoxy) is 1. The molecule has 1 aromatic carbocycles. The molecule has 26 heavy (non-hydrogen) atoms. The van der Waals surface area contributed by atoms with Crippen molar-refractivity contribution < 1.29 is 4.74 Å². The number of rotatable bonds is 4. The van der Waals surface area contributed by atoms with Crippen molar-refractivity contribution in [3.05, 3.63) is 51.4 Å². The average Bonchev–Trinajstić information content (AvgIpc) is 3.17. The highest BCUT2D eigenvalue weighted by atomic mass is 16.5. The van der Waals surface area contributed by atoms with Crippen molar-refractivity contribution in [3.63, 3.8) is 0 Å². The number of nitrogens with zero attached hydrogens (tertiary/aromatic N) is 1. The van der Waals surface area contributed by atoms with Gasteiger partial charge in [0.05, 0.1) is 12.1 Å². The van der Waals surface area contributed by atoms with Crippen molar-refractivity contribution in [3.8, 4) is 16.9 Å². The molecule has 3 heterocycles. The quantitative estimate of drug-likeness (QED) is 0.528. The van der Waals surface area contributed by atoms with Gasteiger partial charge in [0.1, 0.15) is 11.0 Å². The summed E-state index contributed by atoms with van der Waals surface area (Å²) in [6.07, 6.45) is 5.93. The van der Waals surface area contributed by atoms with Gasteiger partial charge in [-0.1, -0.05) is 0 Å². The van der Waals surface area contributed by atoms with E-state index in [-0.39, 0.29) is 11.2 Å². The van der Waals surface area contributed by atoms with Crippen LogP contribution in [0.25, 0.3) is 33.1 Å². The normalized spacial score (nSPS) is 14.3. The van der Waals surface area contributed by atoms with Gasteiger partial charge in [0.2, 0.25) is 0 Å². The Balaban J connectivity index is 1.79. The van der Waals surface area contributed by atoms with E-state index in [2.05, 4.69) is 15.0 Å². The lowest BCUT2D eigenvalue weighted by molar-refractivity contribution is 0.304. The molecular formula is C19H18N4O3. The molecule has 0 atom stereocenters. The molecule has 0 unspecified atom stereocenters. The zero-order chi connectivity index (χ0) is 17.8. The maximum atomic E-state index is 12.3. The minimum Gasteiger partial charge on any atom is -0.490 e. The lowest BCUT2D eigenvalue weighted by atomic mass is 10.0. The van der Waals surface area contributed by atoms with Gasteiger partial charge in [-0.25, -0.2) is 4.79 Å². The second-order valence-corrected chi connectivity index (χ2v) is 6.92. The molecule has 132 valence electrons. The van der Waals surface area contributed by atoms with Crippen molar-refractivity contribution in [2.24, 2.45) is 13.0 Å². The van der Waals surface area contributed by atoms with Gasteiger partial charge in [-0.2, -0.15) is 0 Å². The molecule has 0 amide bonds. The van der Waals surface area contributed by atoms with E-state index in [4.69, 9.17) is 4.74 Å². The van der Waals surface area contributed by atoms with Crippen LogP contribution in [0.2, 0.25) is 0 Å². The third-order valence-electron chi connectivity index (χ3n) is 4.99. The average molecular weight is 350 g/mol. The molecule has 0 bridgehead atoms. The molecule has 4 aromatic rings. The van der Waals surface area contributed by atoms with Gasteiger partial charge in [-0.3, -0.25) is 4.79 Å². The van der Waals surface area contributed by atoms with E-state index in [0.717, 1.165) is 16.5 Å². The maximum absolute atomic E-state index is 12.3. The zero-order valence-corrected chi connectivity index (χ0v) is 14.3. The number of hydrogen-bond acceptors (Lipinski definition) is 3. The van der Waals surface area contributed by atoms with Crippen LogP contribution in [0.5, 0.6) is 5.75 Å². The van der Waals surface area contributed by atoms with Crippen LogP contribution in [0.4, 0.5) is 0 Å². The molecule has 7 heteroatoms. The van der Waals surface area contributed by atoms with Crippen LogP contribution in [-0.2, 0) is 7.05 Å². The number of aromatic nitrogens is 4. The summed E-state index contributed by atoms with van der Waals surface area (Å²) in [5, 5.41) is 0.835. The number of hydrogen-bond donors (Lipinski definition) is 3. The van der Waals surface area contributed by atoms with E-state index in [1.165, 1.54) is 12.8 Å². The predicted octanol–water partition coefficient (Wildman–Crippen LogP) is 2.49. The number of H-pyrrole nitrogens is 3. The lowest BCUT2D eigenvalue weighted by Gasteiger charge is -2.14. The fourth-order valence-electron chi connectivity index (χ4n) is 3.41. The minimum atomic E-state index is -0.263. The second-order valence-electron chi connectivity index (χ2n) is 6.92. The molecule has 1 aliphatic rings. The van der Waals surface area contributed by atoms with Crippen LogP contribution in [0.1, 0.15) is 12.8 Å². The van der Waals surface area contributed by atoms with E-state index in [0.29, 0.717) is 34.8 Å². The molecule has 0 saturated heterocycles. The highest BCUT2D eigenvalue weighted by Crippen LogP contribution is 2.39. The van der Waals surface area contributed by atoms with Gasteiger partial charge < -0.3 is 24.3 Å². The Morgan fingerprint density at radius 2 is 1.96 bits per heavy atom. The van der Waals surface area contributed by atoms with Crippen LogP contribution in [0, 0.1) is 5.92 Å². The SMILES string of the molecule is Cn1cc(-c2ccc3[nH]c(=O)[nH]c3c2OCC2CC2)c2cc[nH]c2c1=O. The number of pyridine rings is 1. The minimum absolute atomic E-state index is 0.0784. The van der Waals surface area contributed by atoms with E-state index in [1.807, 2.05) is 24.4 Å². The van der Waals surface area contributed by atoms with Crippen LogP contribution < -0.4 is 16.0 Å². The molecule has 3 aromatic heterocycles. The maximum Gasteiger partial charge on any atom is 0.323 e. The van der Waals surface area contributed by atoms with Crippen LogP contribution in [-0.4, -0.2) is 26.1 Å². The molecule has 0 aliphatic heterocycles. The Kier molecular flexibility index (Phi) is 3.12. The van der Waals surface area contributed by atoms with Gasteiger partial charge in [-0.05, 0) is 37.0 Å². The fourth-order valence-corrected chi connectivity index (χ4v) is 3.41. The van der Waals surface area contributed by atoms with Crippen molar-refractivity contribution in [2.75, 3.05) is 6.61 Å². The highest BCUT2D eigenvalue weighted by Gasteiger charge is 2.24. The summed E-state index contributed by atoms with van der Waals surface area (Å²) in [7, 11) is 1.73. The number of aryl methyl sites for hydroxylation is 1. The molecule has 1 fully saturated rings. The van der Waals surface area contributed by atoms with Crippen LogP contribution in [0.15, 0.2) is 40.2 Å². The van der Waals surface area contributed by atoms with E-state index >= 15 is 0 Å². The first-order valence-electron chi connectivity index (χ1n) is 8.66. The third-order valence-corrected chi connectivity index (χ3v) is 4.99. The second kappa shape index (κ2) is 5.39. The molecule has 0 radical (unpaired) electrons. The first-order valence-corrected chi connectivity index (χ1v) is 8.66. The molecule has 1 aliphatic carbocycles. The van der Waals surface area contributed by atoms with E-state index in [1.54, 1.807) is 17.8 Å². The van der Waals surface area contributed by atoms with Crippen LogP contribution >= 0.6 is 0 Å². The molecule has 1 saturated carbocycles. The van der Waals surface area contributed by atoms with E-state index < -0.39 is 0 Å². The number of nitrogens with one attached hydrogen (secondary N) is 3. The van der Waals surface area contributed by atoms with Crippen molar-refractivity contribution in [1.29, 1.82) is 0 Å². The molecule has 0 spiro atoms. The first-order chi connectivity index (χ1) is 12.6. The largest absolute Gasteiger partial charge is 0.490 e. The summed E-state index contributed by atoms with van der Waals surface area (Å²) in [5.41, 5.74) is 3.32. The van der Waals surface area contributed by atoms with Gasteiger partial charge in [0.15, 0.2) is 5.75 Å². The summed E-state index contributed by atoms with van der Waals surface area (Å²) in [4.78, 5) is 32.8. The molecule has 3 N–H and O–H groups in total. The molecule has 5 rings (SSSR count). The summed E-state index contributed by atoms with van der Waals surface area (Å²) in [6, 6.07) is 5.68. The first kappa shape index (κ1) is 15.1. The smallest absolute Gasteiger partial charge is 0.323 e. The lowest BCUT2D eigenvalue weighted by Crippen LogP contribution is -2.16. The number of aromatic amines is 3. The highest BCUT2D eigenvalue weighted by molar-refractivity contribution is 5.99. The third kappa shape index (κ3) is 2.28. The van der Waals surface area contributed by atoms with Gasteiger partial charge >= 0.3 is 5.69 Å². The van der Waals surface area contributed by atoms with E-state index in [9.17, 15) is 9.59 Å². The molecule has 7 nitrogen and oxygen atoms in total. The Bertz CT molecular complexity index is 1250. The summed E-state index contributed by atoms with van der Waals surface area (Å²) in [6.45, 7) is 0.626. The monoisotopic (exact) mass is 350 g/mol. The van der Waals surface area contributed by atoms with Crippen molar-refractivity contribution >= 4 is 21.9 Å². The van der Waals surface area contributed by atoms with Crippen molar-refractivity contribution in [2.45, 2.75) is 12.8 Å². The standard InChI is InChI=1S/C19H18N4O3/c1-23-8-13(11-6-7-20-15(11)18(23)24)12-4-5-14-16(22-19(25)21-14)17(12)26-9-10-2-3-10/h4-8,10,20H,2-3,9H2,1H3,(H2,21,22,25). The number of fused-ring (bicyclic) bond motifs is 2. The summed E-state index contributed by atoms with van der Waals surface area (Å²) >= 11 is 0. The summed E-state index contributed by atoms with van der Waals surface area (Å²) < 4.78 is 7.71. The number of imidazole rings is 1. The molecular weight excluding hydrogens is 332 g/mol. The fraction of sp³-hybridized carbons (Fsp3) is 0.263. The van der Waals surface area contributed by atoms with Gasteiger partial charge in [0, 0.05) is 36.0 Å². The number of benzene rings is 1. The Hall–Kier alpha value is -3.22. The zero-order valence-electron chi connectivity index (χ0n) is 14.3. The topological polar surface area (TPSA) is 95.7 Å². The van der Waals surface area contributed by atoms with Crippen molar-refractivity contribution in [1.82, 2.24) is 19.5 Å².